The molecule has 18 heavy (non-hydrogen) atoms. The molecule has 0 rings (SSSR count). The maximum absolute atomic E-state index is 9.52. The van der Waals surface area contributed by atoms with Gasteiger partial charge in [0.15, 0.2) is 0 Å². The van der Waals surface area contributed by atoms with E-state index in [0.29, 0.717) is 13.2 Å². The summed E-state index contributed by atoms with van der Waals surface area (Å²) in [7, 11) is 0. The normalized spacial score (nSPS) is 12.0. The third-order valence-electron chi connectivity index (χ3n) is 2.52. The fraction of sp³-hybridized carbons (Fsp3) is 1.00. The number of hydrogen-bond donors (Lipinski definition) is 3. The van der Waals surface area contributed by atoms with Crippen LogP contribution in [-0.4, -0.2) is 23.0 Å². The van der Waals surface area contributed by atoms with Crippen molar-refractivity contribution in [3.05, 3.63) is 0 Å². The Bertz CT molecular complexity index is 230. The number of thiol groups is 1. The molecular formula is C12H29O4PS. The van der Waals surface area contributed by atoms with Crippen LogP contribution < -0.4 is 0 Å². The molecule has 0 spiro atoms. The van der Waals surface area contributed by atoms with Gasteiger partial charge in [0.25, 0.3) is 0 Å². The van der Waals surface area contributed by atoms with E-state index in [9.17, 15) is 9.79 Å². The molecule has 0 aromatic rings. The quantitative estimate of drug-likeness (QED) is 0.293. The Kier molecular flexibility index (Phi) is 13.1. The molecule has 0 atom stereocenters. The van der Waals surface area contributed by atoms with Crippen molar-refractivity contribution in [3.63, 3.8) is 0 Å². The minimum absolute atomic E-state index is 0.190. The highest BCUT2D eigenvalue weighted by Crippen LogP contribution is 2.39. The molecular weight excluding hydrogens is 271 g/mol. The predicted molar refractivity (Wildman–Crippen MR) is 80.3 cm³/mol. The summed E-state index contributed by atoms with van der Waals surface area (Å²) in [6.07, 6.45) is 9.02. The van der Waals surface area contributed by atoms with Crippen LogP contribution in [-0.2, 0) is 19.9 Å². The van der Waals surface area contributed by atoms with Gasteiger partial charge in [-0.2, -0.15) is 0 Å². The Morgan fingerprint density at radius 1 is 0.833 bits per heavy atom. The van der Waals surface area contributed by atoms with Crippen molar-refractivity contribution < 1.29 is 18.5 Å². The summed E-state index contributed by atoms with van der Waals surface area (Å²) in [5.41, 5.74) is 0. The lowest BCUT2D eigenvalue weighted by molar-refractivity contribution is 0.245. The number of unbranched alkanes of at least 4 members (excludes halogenated alkanes) is 6. The molecule has 0 amide bonds. The largest absolute Gasteiger partial charge is 0.327 e. The van der Waals surface area contributed by atoms with Crippen molar-refractivity contribution in [1.29, 1.82) is 0 Å². The summed E-state index contributed by atoms with van der Waals surface area (Å²) in [5.74, 6) is 0. The minimum atomic E-state index is -3.29. The molecule has 0 aliphatic rings. The van der Waals surface area contributed by atoms with E-state index in [4.69, 9.17) is 8.71 Å². The SMILES string of the molecule is CCCCCCCCO[SH]=P(O)(O)OCCCC. The minimum Gasteiger partial charge on any atom is -0.327 e. The molecule has 0 bridgehead atoms. The van der Waals surface area contributed by atoms with Crippen LogP contribution in [0.25, 0.3) is 0 Å². The van der Waals surface area contributed by atoms with Crippen molar-refractivity contribution in [1.82, 2.24) is 0 Å². The van der Waals surface area contributed by atoms with Crippen molar-refractivity contribution in [2.24, 2.45) is 0 Å². The summed E-state index contributed by atoms with van der Waals surface area (Å²) in [6, 6.07) is 0. The first kappa shape index (κ1) is 18.6. The van der Waals surface area contributed by atoms with E-state index in [-0.39, 0.29) is 11.2 Å². The van der Waals surface area contributed by atoms with E-state index in [0.717, 1.165) is 25.7 Å². The predicted octanol–water partition coefficient (Wildman–Crippen LogP) is 3.57. The van der Waals surface area contributed by atoms with Crippen LogP contribution in [0.4, 0.5) is 0 Å². The molecule has 0 aliphatic carbocycles. The zero-order valence-electron chi connectivity index (χ0n) is 11.7. The third kappa shape index (κ3) is 13.1. The van der Waals surface area contributed by atoms with Crippen molar-refractivity contribution in [2.75, 3.05) is 13.2 Å². The van der Waals surface area contributed by atoms with Gasteiger partial charge in [-0.05, 0) is 24.1 Å². The van der Waals surface area contributed by atoms with Gasteiger partial charge in [-0.25, -0.2) is 0 Å². The first-order valence-corrected chi connectivity index (χ1v) is 10.1. The first-order chi connectivity index (χ1) is 8.62. The summed E-state index contributed by atoms with van der Waals surface area (Å²) >= 11 is 0.190. The van der Waals surface area contributed by atoms with E-state index in [2.05, 4.69) is 6.92 Å². The molecule has 2 N–H and O–H groups in total. The lowest BCUT2D eigenvalue weighted by atomic mass is 10.1. The lowest BCUT2D eigenvalue weighted by Gasteiger charge is -2.12. The molecule has 0 fully saturated rings. The average Bonchev–Trinajstić information content (AvgIpc) is 2.33. The van der Waals surface area contributed by atoms with Gasteiger partial charge in [0.2, 0.25) is 0 Å². The Labute approximate surface area is 115 Å². The van der Waals surface area contributed by atoms with Gasteiger partial charge < -0.3 is 18.5 Å². The zero-order valence-corrected chi connectivity index (χ0v) is 13.5. The Balaban J connectivity index is 3.48. The van der Waals surface area contributed by atoms with Gasteiger partial charge in [0.1, 0.15) is 0 Å². The molecule has 0 aliphatic heterocycles. The standard InChI is InChI=1S/C12H29O4PS/c1-3-5-7-8-9-10-12-16-18-17(13,14)15-11-6-4-2/h13-14,18H,3-12H2,1-2H3. The third-order valence-corrected chi connectivity index (χ3v) is 4.89. The number of hydrogen-bond acceptors (Lipinski definition) is 2. The average molecular weight is 300 g/mol. The highest BCUT2D eigenvalue weighted by molar-refractivity contribution is 8.14. The van der Waals surface area contributed by atoms with Crippen LogP contribution in [0.1, 0.15) is 65.2 Å². The molecule has 0 saturated heterocycles. The fourth-order valence-corrected chi connectivity index (χ4v) is 3.28. The summed E-state index contributed by atoms with van der Waals surface area (Å²) in [5, 5.41) is 0. The lowest BCUT2D eigenvalue weighted by Crippen LogP contribution is -1.96. The van der Waals surface area contributed by atoms with Gasteiger partial charge in [0, 0.05) is 0 Å². The van der Waals surface area contributed by atoms with Crippen LogP contribution in [0.3, 0.4) is 0 Å². The topological polar surface area (TPSA) is 58.9 Å². The number of rotatable bonds is 12. The summed E-state index contributed by atoms with van der Waals surface area (Å²) in [4.78, 5) is 19.0. The van der Waals surface area contributed by atoms with E-state index in [1.807, 2.05) is 6.92 Å². The van der Waals surface area contributed by atoms with E-state index in [1.165, 1.54) is 25.7 Å². The van der Waals surface area contributed by atoms with Crippen molar-refractivity contribution >= 4 is 17.9 Å². The highest BCUT2D eigenvalue weighted by atomic mass is 32.5. The smallest absolute Gasteiger partial charge is 0.301 e. The second-order valence-electron chi connectivity index (χ2n) is 4.38. The van der Waals surface area contributed by atoms with Gasteiger partial charge in [0.05, 0.1) is 13.2 Å². The highest BCUT2D eigenvalue weighted by Gasteiger charge is 2.09. The second kappa shape index (κ2) is 12.6. The van der Waals surface area contributed by atoms with E-state index >= 15 is 0 Å². The molecule has 0 radical (unpaired) electrons. The van der Waals surface area contributed by atoms with Crippen LogP contribution in [0.5, 0.6) is 0 Å². The fourth-order valence-electron chi connectivity index (χ4n) is 1.42. The first-order valence-electron chi connectivity index (χ1n) is 6.96. The maximum Gasteiger partial charge on any atom is 0.301 e. The molecule has 0 unspecified atom stereocenters. The molecule has 0 aromatic heterocycles. The Hall–Kier alpha value is 0.620. The maximum atomic E-state index is 9.52. The molecule has 0 aromatic carbocycles. The van der Waals surface area contributed by atoms with E-state index < -0.39 is 6.72 Å². The second-order valence-corrected chi connectivity index (χ2v) is 8.14. The Morgan fingerprint density at radius 2 is 1.44 bits per heavy atom. The molecule has 6 heteroatoms. The Morgan fingerprint density at radius 3 is 2.11 bits per heavy atom. The van der Waals surface area contributed by atoms with Gasteiger partial charge in [-0.1, -0.05) is 52.4 Å². The molecule has 4 nitrogen and oxygen atoms in total. The van der Waals surface area contributed by atoms with Crippen LogP contribution in [0, 0.1) is 0 Å². The van der Waals surface area contributed by atoms with Gasteiger partial charge in [-0.3, -0.25) is 0 Å². The molecule has 0 saturated carbocycles. The van der Waals surface area contributed by atoms with Crippen molar-refractivity contribution in [2.45, 2.75) is 65.2 Å². The van der Waals surface area contributed by atoms with Gasteiger partial charge in [-0.15, -0.1) is 0 Å². The van der Waals surface area contributed by atoms with E-state index in [1.54, 1.807) is 0 Å². The molecule has 0 heterocycles. The van der Waals surface area contributed by atoms with Crippen LogP contribution >= 0.6 is 6.72 Å². The van der Waals surface area contributed by atoms with Crippen LogP contribution in [0.2, 0.25) is 0 Å². The van der Waals surface area contributed by atoms with Crippen molar-refractivity contribution in [3.8, 4) is 0 Å². The zero-order chi connectivity index (χ0) is 13.7. The van der Waals surface area contributed by atoms with Gasteiger partial charge >= 0.3 is 6.72 Å². The monoisotopic (exact) mass is 300 g/mol. The summed E-state index contributed by atoms with van der Waals surface area (Å²) in [6.45, 7) is 1.92. The summed E-state index contributed by atoms with van der Waals surface area (Å²) < 4.78 is 10.2. The van der Waals surface area contributed by atoms with Crippen LogP contribution in [0.15, 0.2) is 0 Å². The molecule has 112 valence electrons.